The van der Waals surface area contributed by atoms with Crippen LogP contribution in [0.3, 0.4) is 0 Å². The number of pyridine rings is 2. The number of allylic oxidation sites excluding steroid dienone is 1. The van der Waals surface area contributed by atoms with Crippen molar-refractivity contribution in [2.24, 2.45) is 0 Å². The van der Waals surface area contributed by atoms with Gasteiger partial charge in [0.25, 0.3) is 5.56 Å². The minimum absolute atomic E-state index is 0.0575. The number of hydrogen-bond donors (Lipinski definition) is 2. The third-order valence-electron chi connectivity index (χ3n) is 6.37. The number of anilines is 2. The average molecular weight is 402 g/mol. The summed E-state index contributed by atoms with van der Waals surface area (Å²) >= 11 is 0. The summed E-state index contributed by atoms with van der Waals surface area (Å²) in [6.45, 7) is 4.18. The number of aromatic amines is 1. The first-order valence-electron chi connectivity index (χ1n) is 10.7. The zero-order chi connectivity index (χ0) is 20.5. The average Bonchev–Trinajstić information content (AvgIpc) is 3.30. The van der Waals surface area contributed by atoms with Crippen molar-refractivity contribution in [3.63, 3.8) is 0 Å². The molecule has 2 aromatic heterocycles. The van der Waals surface area contributed by atoms with Gasteiger partial charge < -0.3 is 15.2 Å². The molecule has 0 unspecified atom stereocenters. The third-order valence-corrected chi connectivity index (χ3v) is 6.37. The highest BCUT2D eigenvalue weighted by atomic mass is 16.1. The molecule has 0 saturated carbocycles. The van der Waals surface area contributed by atoms with Crippen LogP contribution in [-0.4, -0.2) is 54.1 Å². The van der Waals surface area contributed by atoms with Crippen molar-refractivity contribution >= 4 is 27.9 Å². The van der Waals surface area contributed by atoms with Gasteiger partial charge in [0.1, 0.15) is 0 Å². The highest BCUT2D eigenvalue weighted by Gasteiger charge is 2.27. The van der Waals surface area contributed by atoms with Gasteiger partial charge in [-0.05, 0) is 60.9 Å². The van der Waals surface area contributed by atoms with Crippen molar-refractivity contribution in [2.45, 2.75) is 18.9 Å². The Morgan fingerprint density at radius 3 is 2.67 bits per heavy atom. The summed E-state index contributed by atoms with van der Waals surface area (Å²) in [6, 6.07) is 14.7. The Hall–Kier alpha value is -3.12. The van der Waals surface area contributed by atoms with Crippen molar-refractivity contribution in [3.05, 3.63) is 70.8 Å². The van der Waals surface area contributed by atoms with Crippen LogP contribution in [0.1, 0.15) is 18.5 Å². The highest BCUT2D eigenvalue weighted by Crippen LogP contribution is 2.31. The molecule has 3 heterocycles. The fraction of sp³-hybridized carbons (Fsp3) is 0.333. The molecule has 0 amide bonds. The van der Waals surface area contributed by atoms with Crippen LogP contribution < -0.4 is 15.8 Å². The molecule has 5 rings (SSSR count). The van der Waals surface area contributed by atoms with Crippen LogP contribution in [0.5, 0.6) is 0 Å². The van der Waals surface area contributed by atoms with E-state index in [0.717, 1.165) is 55.9 Å². The lowest BCUT2D eigenvalue weighted by Crippen LogP contribution is -2.49. The summed E-state index contributed by atoms with van der Waals surface area (Å²) in [5.74, 6) is 0. The van der Waals surface area contributed by atoms with E-state index in [9.17, 15) is 4.79 Å². The van der Waals surface area contributed by atoms with Crippen molar-refractivity contribution in [2.75, 3.05) is 43.4 Å². The Bertz CT molecular complexity index is 1130. The highest BCUT2D eigenvalue weighted by molar-refractivity contribution is 5.81. The first-order valence-corrected chi connectivity index (χ1v) is 10.7. The SMILES string of the molecule is CNc1ccc(N2CCN([C@H]3C=C(c4cc5ncccc5c(=O)[nH]4)CC3)CC2)cc1. The monoisotopic (exact) mass is 401 g/mol. The molecule has 154 valence electrons. The maximum absolute atomic E-state index is 12.4. The molecule has 0 bridgehead atoms. The number of rotatable bonds is 4. The minimum Gasteiger partial charge on any atom is -0.388 e. The van der Waals surface area contributed by atoms with Gasteiger partial charge in [0.05, 0.1) is 10.9 Å². The molecule has 0 spiro atoms. The molecule has 1 aromatic carbocycles. The van der Waals surface area contributed by atoms with E-state index in [1.165, 1.54) is 11.3 Å². The summed E-state index contributed by atoms with van der Waals surface area (Å²) in [7, 11) is 1.95. The predicted octanol–water partition coefficient (Wildman–Crippen LogP) is 3.33. The second kappa shape index (κ2) is 7.95. The predicted molar refractivity (Wildman–Crippen MR) is 123 cm³/mol. The zero-order valence-corrected chi connectivity index (χ0v) is 17.3. The largest absolute Gasteiger partial charge is 0.388 e. The zero-order valence-electron chi connectivity index (χ0n) is 17.3. The lowest BCUT2D eigenvalue weighted by Gasteiger charge is -2.38. The number of nitrogens with one attached hydrogen (secondary N) is 2. The molecule has 1 aliphatic heterocycles. The number of piperazine rings is 1. The Labute approximate surface area is 176 Å². The smallest absolute Gasteiger partial charge is 0.257 e. The molecule has 1 aliphatic carbocycles. The topological polar surface area (TPSA) is 64.3 Å². The molecular weight excluding hydrogens is 374 g/mol. The fourth-order valence-electron chi connectivity index (χ4n) is 4.63. The number of fused-ring (bicyclic) bond motifs is 1. The van der Waals surface area contributed by atoms with Gasteiger partial charge in [-0.3, -0.25) is 14.7 Å². The molecule has 2 N–H and O–H groups in total. The lowest BCUT2D eigenvalue weighted by molar-refractivity contribution is 0.214. The molecule has 0 radical (unpaired) electrons. The molecule has 30 heavy (non-hydrogen) atoms. The standard InChI is InChI=1S/C24H27N5O/c1-25-18-5-8-19(9-6-18)28-11-13-29(14-12-28)20-7-4-17(15-20)22-16-23-21(24(30)27-22)3-2-10-26-23/h2-3,5-6,8-10,15-16,20,25H,4,7,11-14H2,1H3,(H,27,30)/t20-/m1/s1. The van der Waals surface area contributed by atoms with Crippen molar-refractivity contribution in [1.29, 1.82) is 0 Å². The van der Waals surface area contributed by atoms with Gasteiger partial charge in [-0.15, -0.1) is 0 Å². The summed E-state index contributed by atoms with van der Waals surface area (Å²) in [4.78, 5) is 24.9. The Kier molecular flexibility index (Phi) is 5.01. The molecule has 1 atom stereocenters. The van der Waals surface area contributed by atoms with Gasteiger partial charge in [-0.25, -0.2) is 0 Å². The Morgan fingerprint density at radius 1 is 1.10 bits per heavy atom. The molecule has 3 aromatic rings. The number of nitrogens with zero attached hydrogens (tertiary/aromatic N) is 3. The number of hydrogen-bond acceptors (Lipinski definition) is 5. The Morgan fingerprint density at radius 2 is 1.90 bits per heavy atom. The van der Waals surface area contributed by atoms with Gasteiger partial charge in [0.15, 0.2) is 0 Å². The van der Waals surface area contributed by atoms with E-state index in [4.69, 9.17) is 0 Å². The van der Waals surface area contributed by atoms with Crippen LogP contribution in [0.15, 0.2) is 59.5 Å². The summed E-state index contributed by atoms with van der Waals surface area (Å²) in [5, 5.41) is 3.82. The van der Waals surface area contributed by atoms with Crippen LogP contribution in [0, 0.1) is 0 Å². The van der Waals surface area contributed by atoms with Gasteiger partial charge >= 0.3 is 0 Å². The van der Waals surface area contributed by atoms with Gasteiger partial charge in [-0.1, -0.05) is 6.08 Å². The minimum atomic E-state index is -0.0575. The number of aromatic nitrogens is 2. The van der Waals surface area contributed by atoms with E-state index in [1.54, 1.807) is 12.3 Å². The molecule has 1 saturated heterocycles. The first kappa shape index (κ1) is 18.9. The van der Waals surface area contributed by atoms with Crippen molar-refractivity contribution in [3.8, 4) is 0 Å². The maximum Gasteiger partial charge on any atom is 0.257 e. The molecular formula is C24H27N5O. The summed E-state index contributed by atoms with van der Waals surface area (Å²) < 4.78 is 0. The molecule has 2 aliphatic rings. The first-order chi connectivity index (χ1) is 14.7. The van der Waals surface area contributed by atoms with E-state index in [-0.39, 0.29) is 5.56 Å². The van der Waals surface area contributed by atoms with Gasteiger partial charge in [0, 0.05) is 62.5 Å². The van der Waals surface area contributed by atoms with E-state index in [0.29, 0.717) is 11.4 Å². The number of H-pyrrole nitrogens is 1. The van der Waals surface area contributed by atoms with Crippen LogP contribution in [0.4, 0.5) is 11.4 Å². The normalized spacial score (nSPS) is 19.8. The van der Waals surface area contributed by atoms with Crippen molar-refractivity contribution in [1.82, 2.24) is 14.9 Å². The summed E-state index contributed by atoms with van der Waals surface area (Å²) in [6.07, 6.45) is 6.18. The maximum atomic E-state index is 12.4. The van der Waals surface area contributed by atoms with Crippen LogP contribution in [-0.2, 0) is 0 Å². The van der Waals surface area contributed by atoms with Crippen LogP contribution >= 0.6 is 0 Å². The van der Waals surface area contributed by atoms with E-state index in [1.807, 2.05) is 19.2 Å². The van der Waals surface area contributed by atoms with Crippen LogP contribution in [0.2, 0.25) is 0 Å². The van der Waals surface area contributed by atoms with Crippen LogP contribution in [0.25, 0.3) is 16.5 Å². The van der Waals surface area contributed by atoms with Crippen molar-refractivity contribution < 1.29 is 0 Å². The fourth-order valence-corrected chi connectivity index (χ4v) is 4.63. The number of benzene rings is 1. The Balaban J connectivity index is 1.27. The van der Waals surface area contributed by atoms with E-state index in [2.05, 4.69) is 55.4 Å². The molecule has 6 nitrogen and oxygen atoms in total. The lowest BCUT2D eigenvalue weighted by atomic mass is 10.1. The van der Waals surface area contributed by atoms with Gasteiger partial charge in [-0.2, -0.15) is 0 Å². The van der Waals surface area contributed by atoms with E-state index < -0.39 is 0 Å². The summed E-state index contributed by atoms with van der Waals surface area (Å²) in [5.41, 5.74) is 5.28. The quantitative estimate of drug-likeness (QED) is 0.702. The second-order valence-corrected chi connectivity index (χ2v) is 8.07. The van der Waals surface area contributed by atoms with E-state index >= 15 is 0 Å². The van der Waals surface area contributed by atoms with Gasteiger partial charge in [0.2, 0.25) is 0 Å². The molecule has 6 heteroatoms. The second-order valence-electron chi connectivity index (χ2n) is 8.07. The molecule has 1 fully saturated rings. The third kappa shape index (κ3) is 3.59.